The fourth-order valence-corrected chi connectivity index (χ4v) is 5.24. The minimum atomic E-state index is -0.216. The van der Waals surface area contributed by atoms with Gasteiger partial charge in [-0.05, 0) is 68.7 Å². The number of nitrogens with zero attached hydrogens (tertiary/aromatic N) is 2. The molecule has 1 atom stereocenters. The maximum atomic E-state index is 12.8. The molecule has 0 spiro atoms. The lowest BCUT2D eigenvalue weighted by Crippen LogP contribution is -2.49. The molecule has 2 aliphatic carbocycles. The van der Waals surface area contributed by atoms with E-state index in [1.807, 2.05) is 0 Å². The van der Waals surface area contributed by atoms with Gasteiger partial charge < -0.3 is 0 Å². The summed E-state index contributed by atoms with van der Waals surface area (Å²) in [5.74, 6) is 0.976. The third-order valence-corrected chi connectivity index (χ3v) is 6.18. The summed E-state index contributed by atoms with van der Waals surface area (Å²) >= 11 is 0. The number of benzene rings is 1. The lowest BCUT2D eigenvalue weighted by molar-refractivity contribution is -0.145. The van der Waals surface area contributed by atoms with Gasteiger partial charge in [-0.1, -0.05) is 24.3 Å². The normalized spacial score (nSPS) is 30.7. The Hall–Kier alpha value is -1.61. The van der Waals surface area contributed by atoms with Gasteiger partial charge in [0.25, 0.3) is 0 Å². The summed E-state index contributed by atoms with van der Waals surface area (Å²) < 4.78 is 0. The minimum Gasteiger partial charge on any atom is -0.273 e. The monoisotopic (exact) mass is 308 g/mol. The van der Waals surface area contributed by atoms with E-state index in [1.54, 1.807) is 5.57 Å². The maximum Gasteiger partial charge on any atom is 0.239 e. The van der Waals surface area contributed by atoms with Crippen LogP contribution in [0.5, 0.6) is 0 Å². The molecule has 2 saturated heterocycles. The van der Waals surface area contributed by atoms with Gasteiger partial charge in [-0.15, -0.1) is 0 Å². The van der Waals surface area contributed by atoms with Crippen LogP contribution in [0.25, 0.3) is 5.57 Å². The van der Waals surface area contributed by atoms with Crippen molar-refractivity contribution in [1.29, 1.82) is 0 Å². The van der Waals surface area contributed by atoms with E-state index in [0.717, 1.165) is 0 Å². The van der Waals surface area contributed by atoms with Gasteiger partial charge in [-0.2, -0.15) is 0 Å². The zero-order chi connectivity index (χ0) is 16.1. The number of fused-ring (bicyclic) bond motifs is 5. The first-order valence-corrected chi connectivity index (χ1v) is 8.80. The molecule has 1 aromatic carbocycles. The summed E-state index contributed by atoms with van der Waals surface area (Å²) in [4.78, 5) is 12.8. The molecule has 23 heavy (non-hydrogen) atoms. The lowest BCUT2D eigenvalue weighted by atomic mass is 9.85. The van der Waals surface area contributed by atoms with Gasteiger partial charge in [0.2, 0.25) is 5.91 Å². The molecule has 1 amide bonds. The second-order valence-corrected chi connectivity index (χ2v) is 8.69. The molecule has 3 heteroatoms. The van der Waals surface area contributed by atoms with Crippen LogP contribution in [0, 0.1) is 5.92 Å². The molecule has 5 rings (SSSR count). The average Bonchev–Trinajstić information content (AvgIpc) is 3.13. The van der Waals surface area contributed by atoms with Gasteiger partial charge in [0.05, 0.1) is 11.6 Å². The van der Waals surface area contributed by atoms with Crippen molar-refractivity contribution in [1.82, 2.24) is 10.0 Å². The Morgan fingerprint density at radius 1 is 1.09 bits per heavy atom. The molecule has 1 aromatic rings. The second-order valence-electron chi connectivity index (χ2n) is 8.69. The van der Waals surface area contributed by atoms with E-state index in [1.165, 1.54) is 29.5 Å². The van der Waals surface area contributed by atoms with Crippen molar-refractivity contribution < 1.29 is 4.79 Å². The van der Waals surface area contributed by atoms with Gasteiger partial charge in [0, 0.05) is 12.0 Å². The van der Waals surface area contributed by atoms with Gasteiger partial charge in [-0.25, -0.2) is 5.01 Å². The van der Waals surface area contributed by atoms with Crippen molar-refractivity contribution in [3.63, 3.8) is 0 Å². The van der Waals surface area contributed by atoms with Crippen LogP contribution in [-0.2, 0) is 4.79 Å². The first-order chi connectivity index (χ1) is 10.8. The molecular formula is C20H24N2O. The largest absolute Gasteiger partial charge is 0.273 e. The number of rotatable bonds is 1. The van der Waals surface area contributed by atoms with Crippen LogP contribution in [0.2, 0.25) is 0 Å². The average molecular weight is 308 g/mol. The highest BCUT2D eigenvalue weighted by Gasteiger charge is 2.63. The van der Waals surface area contributed by atoms with E-state index in [9.17, 15) is 4.79 Å². The minimum absolute atomic E-state index is 0.118. The van der Waals surface area contributed by atoms with Crippen molar-refractivity contribution >= 4 is 11.5 Å². The molecule has 2 aliphatic heterocycles. The highest BCUT2D eigenvalue weighted by molar-refractivity contribution is 5.88. The summed E-state index contributed by atoms with van der Waals surface area (Å²) in [5, 5.41) is 4.46. The maximum absolute atomic E-state index is 12.8. The van der Waals surface area contributed by atoms with Gasteiger partial charge in [0.15, 0.2) is 0 Å². The van der Waals surface area contributed by atoms with E-state index in [-0.39, 0.29) is 23.0 Å². The summed E-state index contributed by atoms with van der Waals surface area (Å²) in [5.41, 5.74) is 5.55. The van der Waals surface area contributed by atoms with Gasteiger partial charge >= 0.3 is 0 Å². The molecule has 0 radical (unpaired) electrons. The first-order valence-electron chi connectivity index (χ1n) is 8.80. The van der Waals surface area contributed by atoms with E-state index >= 15 is 0 Å². The molecule has 0 N–H and O–H groups in total. The zero-order valence-corrected chi connectivity index (χ0v) is 14.4. The molecular weight excluding hydrogens is 284 g/mol. The Bertz CT molecular complexity index is 770. The fourth-order valence-electron chi connectivity index (χ4n) is 5.24. The molecule has 3 nitrogen and oxygen atoms in total. The Balaban J connectivity index is 1.81. The Morgan fingerprint density at radius 2 is 1.78 bits per heavy atom. The van der Waals surface area contributed by atoms with Crippen molar-refractivity contribution in [2.24, 2.45) is 5.92 Å². The summed E-state index contributed by atoms with van der Waals surface area (Å²) in [7, 11) is 0. The Morgan fingerprint density at radius 3 is 2.48 bits per heavy atom. The van der Waals surface area contributed by atoms with Crippen LogP contribution >= 0.6 is 0 Å². The van der Waals surface area contributed by atoms with E-state index in [2.05, 4.69) is 62.0 Å². The highest BCUT2D eigenvalue weighted by atomic mass is 16.2. The molecule has 120 valence electrons. The van der Waals surface area contributed by atoms with E-state index < -0.39 is 0 Å². The van der Waals surface area contributed by atoms with Crippen LogP contribution in [0.4, 0.5) is 0 Å². The smallest absolute Gasteiger partial charge is 0.239 e. The number of amides is 1. The van der Waals surface area contributed by atoms with E-state index in [0.29, 0.717) is 12.3 Å². The first kappa shape index (κ1) is 13.8. The zero-order valence-electron chi connectivity index (χ0n) is 14.4. The topological polar surface area (TPSA) is 23.6 Å². The van der Waals surface area contributed by atoms with Crippen LogP contribution in [0.1, 0.15) is 64.1 Å². The summed E-state index contributed by atoms with van der Waals surface area (Å²) in [6, 6.07) is 9.12. The van der Waals surface area contributed by atoms with Crippen LogP contribution in [0.15, 0.2) is 29.8 Å². The second kappa shape index (κ2) is 3.89. The van der Waals surface area contributed by atoms with Crippen molar-refractivity contribution in [2.45, 2.75) is 64.1 Å². The molecule has 3 fully saturated rings. The number of carbonyl (C=O) groups excluding carboxylic acids is 1. The predicted molar refractivity (Wildman–Crippen MR) is 90.3 cm³/mol. The number of hydrogen-bond acceptors (Lipinski definition) is 2. The predicted octanol–water partition coefficient (Wildman–Crippen LogP) is 3.93. The summed E-state index contributed by atoms with van der Waals surface area (Å²) in [6.07, 6.45) is 3.21. The molecule has 0 bridgehead atoms. The van der Waals surface area contributed by atoms with Crippen molar-refractivity contribution in [2.75, 3.05) is 0 Å². The van der Waals surface area contributed by atoms with Crippen molar-refractivity contribution in [3.8, 4) is 0 Å². The summed E-state index contributed by atoms with van der Waals surface area (Å²) in [6.45, 7) is 8.90. The van der Waals surface area contributed by atoms with Crippen molar-refractivity contribution in [3.05, 3.63) is 41.0 Å². The molecule has 1 saturated carbocycles. The quantitative estimate of drug-likeness (QED) is 0.785. The molecule has 0 aromatic heterocycles. The van der Waals surface area contributed by atoms with Crippen LogP contribution in [-0.4, -0.2) is 27.0 Å². The third kappa shape index (κ3) is 1.52. The number of hydrogen-bond donors (Lipinski definition) is 0. The van der Waals surface area contributed by atoms with E-state index in [4.69, 9.17) is 0 Å². The lowest BCUT2D eigenvalue weighted by Gasteiger charge is -2.38. The molecule has 1 unspecified atom stereocenters. The highest BCUT2D eigenvalue weighted by Crippen LogP contribution is 2.63. The molecule has 2 heterocycles. The van der Waals surface area contributed by atoms with Crippen LogP contribution in [0.3, 0.4) is 0 Å². The molecule has 4 aliphatic rings. The SMILES string of the molecule is CC1(C)CC(=O)N2N1C1C(=C(C3CC3)c3ccccc31)C2(C)C. The Labute approximate surface area is 137 Å². The van der Waals surface area contributed by atoms with Gasteiger partial charge in [0.1, 0.15) is 0 Å². The third-order valence-electron chi connectivity index (χ3n) is 6.18. The number of carbonyl (C=O) groups is 1. The van der Waals surface area contributed by atoms with Gasteiger partial charge in [-0.3, -0.25) is 9.80 Å². The van der Waals surface area contributed by atoms with Crippen LogP contribution < -0.4 is 0 Å². The number of hydrazine groups is 1. The Kier molecular flexibility index (Phi) is 2.33. The fraction of sp³-hybridized carbons (Fsp3) is 0.550. The number of allylic oxidation sites excluding steroid dienone is 1. The standard InChI is InChI=1S/C20H24N2O/c1-19(2)11-15(23)21-20(3,4)17-16(12-9-10-12)13-7-5-6-8-14(13)18(17)22(19)21/h5-8,12,18H,9-11H2,1-4H3.